The molecule has 0 spiro atoms. The first-order valence-electron chi connectivity index (χ1n) is 9.47. The zero-order valence-electron chi connectivity index (χ0n) is 16.4. The predicted octanol–water partition coefficient (Wildman–Crippen LogP) is 2.20. The Morgan fingerprint density at radius 3 is 2.32 bits per heavy atom. The molecule has 31 heavy (non-hydrogen) atoms. The van der Waals surface area contributed by atoms with Crippen molar-refractivity contribution in [2.75, 3.05) is 19.6 Å². The average molecular weight is 457 g/mol. The Hall–Kier alpha value is -2.51. The van der Waals surface area contributed by atoms with Gasteiger partial charge in [0.15, 0.2) is 0 Å². The molecule has 14 heteroatoms. The number of alkyl halides is 6. The number of carbonyl (C=O) groups is 2. The summed E-state index contributed by atoms with van der Waals surface area (Å²) in [6.45, 7) is 3.26. The van der Waals surface area contributed by atoms with Gasteiger partial charge < -0.3 is 24.8 Å². The van der Waals surface area contributed by atoms with Crippen molar-refractivity contribution in [2.24, 2.45) is 0 Å². The number of hydrogen-bond acceptors (Lipinski definition) is 5. The maximum Gasteiger partial charge on any atom is 0.434 e. The number of piperidine rings is 1. The average Bonchev–Trinajstić information content (AvgIpc) is 3.09. The topological polar surface area (TPSA) is 88.5 Å². The van der Waals surface area contributed by atoms with Crippen molar-refractivity contribution in [3.63, 3.8) is 0 Å². The highest BCUT2D eigenvalue weighted by molar-refractivity contribution is 5.92. The number of amides is 2. The number of likely N-dealkylation sites (tertiary alicyclic amines) is 1. The van der Waals surface area contributed by atoms with Gasteiger partial charge in [-0.15, -0.1) is 0 Å². The third kappa shape index (κ3) is 5.40. The SMILES string of the molecule is CC1(NC(=O)c2cn3c(n2)CNCC3)CCN(C(=O)OC(C(F)(F)F)C(F)(F)F)CC1. The maximum absolute atomic E-state index is 12.6. The van der Waals surface area contributed by atoms with E-state index >= 15 is 0 Å². The molecule has 3 rings (SSSR count). The number of fused-ring (bicyclic) bond motifs is 1. The van der Waals surface area contributed by atoms with Gasteiger partial charge in [-0.25, -0.2) is 9.78 Å². The second-order valence-corrected chi connectivity index (χ2v) is 7.76. The Labute approximate surface area is 172 Å². The molecule has 174 valence electrons. The number of hydrogen-bond donors (Lipinski definition) is 2. The number of halogens is 6. The van der Waals surface area contributed by atoms with E-state index < -0.39 is 36.0 Å². The van der Waals surface area contributed by atoms with Crippen LogP contribution in [0.15, 0.2) is 6.20 Å². The summed E-state index contributed by atoms with van der Waals surface area (Å²) in [4.78, 5) is 29.4. The Morgan fingerprint density at radius 2 is 1.77 bits per heavy atom. The van der Waals surface area contributed by atoms with E-state index in [1.54, 1.807) is 13.1 Å². The standard InChI is InChI=1S/C17H21F6N5O3/c1-15(26-12(29)10-9-28-7-4-24-8-11(28)25-10)2-5-27(6-3-15)14(30)31-13(16(18,19)20)17(21,22)23/h9,13,24H,2-8H2,1H3,(H,26,29). The van der Waals surface area contributed by atoms with Crippen molar-refractivity contribution < 1.29 is 40.7 Å². The van der Waals surface area contributed by atoms with Crippen LogP contribution >= 0.6 is 0 Å². The fourth-order valence-corrected chi connectivity index (χ4v) is 3.44. The third-order valence-corrected chi connectivity index (χ3v) is 5.26. The minimum atomic E-state index is -5.77. The molecule has 1 saturated heterocycles. The van der Waals surface area contributed by atoms with Crippen molar-refractivity contribution in [2.45, 2.75) is 56.9 Å². The summed E-state index contributed by atoms with van der Waals surface area (Å²) in [5.41, 5.74) is -0.607. The van der Waals surface area contributed by atoms with Crippen LogP contribution < -0.4 is 10.6 Å². The van der Waals surface area contributed by atoms with E-state index in [9.17, 15) is 35.9 Å². The first kappa shape index (κ1) is 23.2. The molecule has 2 aliphatic heterocycles. The first-order chi connectivity index (χ1) is 14.3. The monoisotopic (exact) mass is 457 g/mol. The first-order valence-corrected chi connectivity index (χ1v) is 9.47. The van der Waals surface area contributed by atoms with Crippen LogP contribution in [-0.2, 0) is 17.8 Å². The normalized spacial score (nSPS) is 19.2. The number of ether oxygens (including phenoxy) is 1. The Kier molecular flexibility index (Phi) is 6.13. The number of nitrogens with one attached hydrogen (secondary N) is 2. The summed E-state index contributed by atoms with van der Waals surface area (Å²) in [7, 11) is 0. The Morgan fingerprint density at radius 1 is 1.16 bits per heavy atom. The van der Waals surface area contributed by atoms with Crippen molar-refractivity contribution in [1.82, 2.24) is 25.1 Å². The van der Waals surface area contributed by atoms with Crippen molar-refractivity contribution in [3.8, 4) is 0 Å². The highest BCUT2D eigenvalue weighted by Crippen LogP contribution is 2.36. The lowest BCUT2D eigenvalue weighted by Gasteiger charge is -2.39. The van der Waals surface area contributed by atoms with E-state index in [1.807, 2.05) is 4.57 Å². The lowest BCUT2D eigenvalue weighted by molar-refractivity contribution is -0.308. The fourth-order valence-electron chi connectivity index (χ4n) is 3.44. The summed E-state index contributed by atoms with van der Waals surface area (Å²) >= 11 is 0. The molecule has 0 radical (unpaired) electrons. The molecular weight excluding hydrogens is 436 g/mol. The smallest absolute Gasteiger partial charge is 0.426 e. The predicted molar refractivity (Wildman–Crippen MR) is 93.0 cm³/mol. The lowest BCUT2D eigenvalue weighted by atomic mass is 9.89. The molecule has 0 saturated carbocycles. The summed E-state index contributed by atoms with van der Waals surface area (Å²) in [6.07, 6.45) is -15.6. The quantitative estimate of drug-likeness (QED) is 0.680. The van der Waals surface area contributed by atoms with Crippen LogP contribution in [0.25, 0.3) is 0 Å². The molecule has 3 heterocycles. The van der Waals surface area contributed by atoms with Gasteiger partial charge in [0.05, 0.1) is 6.54 Å². The van der Waals surface area contributed by atoms with E-state index in [-0.39, 0.29) is 31.6 Å². The highest BCUT2D eigenvalue weighted by Gasteiger charge is 2.60. The molecular formula is C17H21F6N5O3. The number of nitrogens with zero attached hydrogens (tertiary/aromatic N) is 3. The zero-order valence-corrected chi connectivity index (χ0v) is 16.4. The van der Waals surface area contributed by atoms with E-state index in [4.69, 9.17) is 0 Å². The second kappa shape index (κ2) is 8.20. The summed E-state index contributed by atoms with van der Waals surface area (Å²) < 4.78 is 81.1. The van der Waals surface area contributed by atoms with Crippen LogP contribution in [0.3, 0.4) is 0 Å². The minimum absolute atomic E-state index is 0.117. The van der Waals surface area contributed by atoms with Crippen LogP contribution in [0.2, 0.25) is 0 Å². The molecule has 1 aromatic rings. The van der Waals surface area contributed by atoms with Gasteiger partial charge in [-0.3, -0.25) is 4.79 Å². The van der Waals surface area contributed by atoms with Crippen LogP contribution in [-0.4, -0.2) is 70.1 Å². The fraction of sp³-hybridized carbons (Fsp3) is 0.706. The van der Waals surface area contributed by atoms with Crippen molar-refractivity contribution in [1.29, 1.82) is 0 Å². The van der Waals surface area contributed by atoms with Gasteiger partial charge in [0.25, 0.3) is 12.0 Å². The van der Waals surface area contributed by atoms with Gasteiger partial charge in [0.1, 0.15) is 11.5 Å². The molecule has 1 fully saturated rings. The third-order valence-electron chi connectivity index (χ3n) is 5.26. The number of aromatic nitrogens is 2. The van der Waals surface area contributed by atoms with Crippen LogP contribution in [0, 0.1) is 0 Å². The largest absolute Gasteiger partial charge is 0.434 e. The molecule has 2 aliphatic rings. The molecule has 2 N–H and O–H groups in total. The van der Waals surface area contributed by atoms with E-state index in [0.717, 1.165) is 11.4 Å². The highest BCUT2D eigenvalue weighted by atomic mass is 19.4. The van der Waals surface area contributed by atoms with Gasteiger partial charge in [-0.2, -0.15) is 26.3 Å². The van der Waals surface area contributed by atoms with Crippen LogP contribution in [0.5, 0.6) is 0 Å². The molecule has 0 aliphatic carbocycles. The van der Waals surface area contributed by atoms with Gasteiger partial charge in [0.2, 0.25) is 0 Å². The summed E-state index contributed by atoms with van der Waals surface area (Å²) in [6, 6.07) is 0. The second-order valence-electron chi connectivity index (χ2n) is 7.76. The Balaban J connectivity index is 1.57. The molecule has 2 amide bonds. The molecule has 0 atom stereocenters. The molecule has 1 aromatic heterocycles. The summed E-state index contributed by atoms with van der Waals surface area (Å²) in [5.74, 6) is 0.262. The number of carbonyl (C=O) groups excluding carboxylic acids is 2. The summed E-state index contributed by atoms with van der Waals surface area (Å²) in [5, 5.41) is 5.92. The maximum atomic E-state index is 12.6. The minimum Gasteiger partial charge on any atom is -0.426 e. The molecule has 0 bridgehead atoms. The van der Waals surface area contributed by atoms with Crippen LogP contribution in [0.1, 0.15) is 36.1 Å². The number of rotatable bonds is 3. The van der Waals surface area contributed by atoms with Gasteiger partial charge in [-0.1, -0.05) is 0 Å². The molecule has 0 aromatic carbocycles. The van der Waals surface area contributed by atoms with Gasteiger partial charge in [0, 0.05) is 37.9 Å². The lowest BCUT2D eigenvalue weighted by Crippen LogP contribution is -2.55. The zero-order chi connectivity index (χ0) is 23.0. The molecule has 0 unspecified atom stereocenters. The Bertz CT molecular complexity index is 792. The van der Waals surface area contributed by atoms with Gasteiger partial charge in [-0.05, 0) is 19.8 Å². The molecule has 8 nitrogen and oxygen atoms in total. The van der Waals surface area contributed by atoms with Crippen LogP contribution in [0.4, 0.5) is 31.1 Å². The van der Waals surface area contributed by atoms with Crippen molar-refractivity contribution >= 4 is 12.0 Å². The van der Waals surface area contributed by atoms with Crippen molar-refractivity contribution in [3.05, 3.63) is 17.7 Å². The number of imidazole rings is 1. The van der Waals surface area contributed by atoms with E-state index in [2.05, 4.69) is 20.4 Å². The van der Waals surface area contributed by atoms with Gasteiger partial charge >= 0.3 is 18.4 Å². The van der Waals surface area contributed by atoms with E-state index in [1.165, 1.54) is 0 Å². The van der Waals surface area contributed by atoms with E-state index in [0.29, 0.717) is 18.9 Å².